The van der Waals surface area contributed by atoms with Crippen molar-refractivity contribution in [3.63, 3.8) is 0 Å². The third-order valence-electron chi connectivity index (χ3n) is 3.16. The van der Waals surface area contributed by atoms with E-state index in [1.807, 2.05) is 31.2 Å². The summed E-state index contributed by atoms with van der Waals surface area (Å²) in [5, 5.41) is 13.4. The molecule has 0 radical (unpaired) electrons. The predicted octanol–water partition coefficient (Wildman–Crippen LogP) is 3.84. The highest BCUT2D eigenvalue weighted by Gasteiger charge is 2.16. The van der Waals surface area contributed by atoms with Gasteiger partial charge in [-0.2, -0.15) is 0 Å². The zero-order chi connectivity index (χ0) is 17.5. The maximum atomic E-state index is 11.7. The number of carbonyl (C=O) groups excluding carboxylic acids is 1. The van der Waals surface area contributed by atoms with Crippen molar-refractivity contribution in [2.24, 2.45) is 0 Å². The summed E-state index contributed by atoms with van der Waals surface area (Å²) in [6, 6.07) is 12.0. The molecule has 0 bridgehead atoms. The van der Waals surface area contributed by atoms with Gasteiger partial charge in [0, 0.05) is 6.07 Å². The number of rotatable bonds is 6. The third kappa shape index (κ3) is 4.98. The van der Waals surface area contributed by atoms with Crippen molar-refractivity contribution >= 4 is 17.5 Å². The zero-order valence-corrected chi connectivity index (χ0v) is 13.4. The quantitative estimate of drug-likeness (QED) is 0.493. The second kappa shape index (κ2) is 7.96. The molecule has 0 fully saturated rings. The SMILES string of the molecule is Cc1cccc(OCCOC(=O)Nc2ccc(C)cc2[N+](=O)[O-])c1. The van der Waals surface area contributed by atoms with Gasteiger partial charge in [-0.25, -0.2) is 4.79 Å². The van der Waals surface area contributed by atoms with Crippen LogP contribution in [-0.2, 0) is 4.74 Å². The number of aryl methyl sites for hydroxylation is 2. The molecule has 0 aromatic heterocycles. The number of hydrogen-bond donors (Lipinski definition) is 1. The van der Waals surface area contributed by atoms with Crippen molar-refractivity contribution < 1.29 is 19.2 Å². The number of nitro benzene ring substituents is 1. The Hall–Kier alpha value is -3.09. The molecule has 0 saturated heterocycles. The molecule has 126 valence electrons. The first-order valence-corrected chi connectivity index (χ1v) is 7.34. The van der Waals surface area contributed by atoms with E-state index in [0.29, 0.717) is 5.75 Å². The van der Waals surface area contributed by atoms with Crippen molar-refractivity contribution in [2.75, 3.05) is 18.5 Å². The maximum Gasteiger partial charge on any atom is 0.411 e. The second-order valence-electron chi connectivity index (χ2n) is 5.20. The Balaban J connectivity index is 1.82. The molecule has 2 aromatic carbocycles. The topological polar surface area (TPSA) is 90.7 Å². The number of nitro groups is 1. The molecule has 1 N–H and O–H groups in total. The van der Waals surface area contributed by atoms with Gasteiger partial charge in [-0.1, -0.05) is 18.2 Å². The van der Waals surface area contributed by atoms with Gasteiger partial charge in [-0.15, -0.1) is 0 Å². The maximum absolute atomic E-state index is 11.7. The van der Waals surface area contributed by atoms with E-state index < -0.39 is 11.0 Å². The largest absolute Gasteiger partial charge is 0.490 e. The summed E-state index contributed by atoms with van der Waals surface area (Å²) < 4.78 is 10.4. The number of anilines is 1. The van der Waals surface area contributed by atoms with Crippen LogP contribution in [0.5, 0.6) is 5.75 Å². The number of carbonyl (C=O) groups is 1. The average Bonchev–Trinajstić information content (AvgIpc) is 2.53. The van der Waals surface area contributed by atoms with E-state index in [0.717, 1.165) is 11.1 Å². The highest BCUT2D eigenvalue weighted by atomic mass is 16.6. The molecule has 0 spiro atoms. The summed E-state index contributed by atoms with van der Waals surface area (Å²) >= 11 is 0. The summed E-state index contributed by atoms with van der Waals surface area (Å²) in [6.07, 6.45) is -0.769. The lowest BCUT2D eigenvalue weighted by atomic mass is 10.2. The highest BCUT2D eigenvalue weighted by Crippen LogP contribution is 2.25. The lowest BCUT2D eigenvalue weighted by Crippen LogP contribution is -2.18. The molecule has 0 atom stereocenters. The van der Waals surface area contributed by atoms with E-state index >= 15 is 0 Å². The Morgan fingerprint density at radius 2 is 1.88 bits per heavy atom. The third-order valence-corrected chi connectivity index (χ3v) is 3.16. The van der Waals surface area contributed by atoms with Crippen molar-refractivity contribution in [1.82, 2.24) is 0 Å². The smallest absolute Gasteiger partial charge is 0.411 e. The fourth-order valence-corrected chi connectivity index (χ4v) is 2.04. The van der Waals surface area contributed by atoms with Crippen LogP contribution < -0.4 is 10.1 Å². The van der Waals surface area contributed by atoms with Crippen molar-refractivity contribution in [3.8, 4) is 5.75 Å². The Kier molecular flexibility index (Phi) is 5.73. The number of benzene rings is 2. The minimum absolute atomic E-state index is 0.0272. The molecule has 0 unspecified atom stereocenters. The van der Waals surface area contributed by atoms with Crippen LogP contribution in [0.4, 0.5) is 16.2 Å². The molecule has 1 amide bonds. The van der Waals surface area contributed by atoms with Gasteiger partial charge in [0.1, 0.15) is 24.7 Å². The van der Waals surface area contributed by atoms with E-state index in [-0.39, 0.29) is 24.6 Å². The normalized spacial score (nSPS) is 10.1. The van der Waals surface area contributed by atoms with E-state index in [2.05, 4.69) is 5.32 Å². The van der Waals surface area contributed by atoms with Crippen LogP contribution in [0.3, 0.4) is 0 Å². The van der Waals surface area contributed by atoms with Gasteiger partial charge < -0.3 is 9.47 Å². The Labute approximate surface area is 139 Å². The Bertz CT molecular complexity index is 746. The van der Waals surface area contributed by atoms with E-state index in [4.69, 9.17) is 9.47 Å². The van der Waals surface area contributed by atoms with Gasteiger partial charge in [0.15, 0.2) is 0 Å². The van der Waals surface area contributed by atoms with Gasteiger partial charge in [0.05, 0.1) is 4.92 Å². The summed E-state index contributed by atoms with van der Waals surface area (Å²) in [7, 11) is 0. The van der Waals surface area contributed by atoms with Gasteiger partial charge in [-0.3, -0.25) is 15.4 Å². The van der Waals surface area contributed by atoms with E-state index in [1.165, 1.54) is 12.1 Å². The summed E-state index contributed by atoms with van der Waals surface area (Å²) in [5.41, 5.74) is 1.71. The molecule has 0 aliphatic carbocycles. The first kappa shape index (κ1) is 17.3. The number of nitrogens with one attached hydrogen (secondary N) is 1. The summed E-state index contributed by atoms with van der Waals surface area (Å²) in [4.78, 5) is 22.2. The van der Waals surface area contributed by atoms with Crippen LogP contribution in [0.15, 0.2) is 42.5 Å². The number of nitrogens with zero attached hydrogens (tertiary/aromatic N) is 1. The first-order chi connectivity index (χ1) is 11.5. The molecule has 0 saturated carbocycles. The molecule has 7 heteroatoms. The summed E-state index contributed by atoms with van der Waals surface area (Å²) in [5.74, 6) is 0.688. The molecular weight excluding hydrogens is 312 g/mol. The lowest BCUT2D eigenvalue weighted by Gasteiger charge is -2.09. The van der Waals surface area contributed by atoms with Crippen LogP contribution in [0.2, 0.25) is 0 Å². The number of hydrogen-bond acceptors (Lipinski definition) is 5. The lowest BCUT2D eigenvalue weighted by molar-refractivity contribution is -0.384. The minimum Gasteiger partial charge on any atom is -0.490 e. The van der Waals surface area contributed by atoms with Crippen LogP contribution in [0, 0.1) is 24.0 Å². The Morgan fingerprint density at radius 1 is 1.12 bits per heavy atom. The van der Waals surface area contributed by atoms with Crippen molar-refractivity contribution in [2.45, 2.75) is 13.8 Å². The van der Waals surface area contributed by atoms with Crippen LogP contribution >= 0.6 is 0 Å². The zero-order valence-electron chi connectivity index (χ0n) is 13.4. The Morgan fingerprint density at radius 3 is 2.58 bits per heavy atom. The van der Waals surface area contributed by atoms with Crippen LogP contribution in [0.25, 0.3) is 0 Å². The molecular formula is C17H18N2O5. The molecule has 0 aliphatic heterocycles. The van der Waals surface area contributed by atoms with Crippen LogP contribution in [0.1, 0.15) is 11.1 Å². The van der Waals surface area contributed by atoms with Gasteiger partial charge in [0.2, 0.25) is 0 Å². The summed E-state index contributed by atoms with van der Waals surface area (Å²) in [6.45, 7) is 3.90. The minimum atomic E-state index is -0.769. The molecule has 2 rings (SSSR count). The molecule has 2 aromatic rings. The van der Waals surface area contributed by atoms with Gasteiger partial charge >= 0.3 is 6.09 Å². The fraction of sp³-hybridized carbons (Fsp3) is 0.235. The molecule has 24 heavy (non-hydrogen) atoms. The van der Waals surface area contributed by atoms with Gasteiger partial charge in [-0.05, 0) is 43.2 Å². The first-order valence-electron chi connectivity index (χ1n) is 7.34. The van der Waals surface area contributed by atoms with Crippen molar-refractivity contribution in [3.05, 3.63) is 63.7 Å². The predicted molar refractivity (Wildman–Crippen MR) is 89.5 cm³/mol. The standard InChI is InChI=1S/C17H18N2O5/c1-12-4-3-5-14(10-12)23-8-9-24-17(20)18-15-7-6-13(2)11-16(15)19(21)22/h3-7,10-11H,8-9H2,1-2H3,(H,18,20). The van der Waals surface area contributed by atoms with E-state index in [1.54, 1.807) is 13.0 Å². The van der Waals surface area contributed by atoms with Crippen LogP contribution in [-0.4, -0.2) is 24.2 Å². The van der Waals surface area contributed by atoms with Gasteiger partial charge in [0.25, 0.3) is 5.69 Å². The fourth-order valence-electron chi connectivity index (χ4n) is 2.04. The molecule has 7 nitrogen and oxygen atoms in total. The number of amides is 1. The highest BCUT2D eigenvalue weighted by molar-refractivity contribution is 5.87. The average molecular weight is 330 g/mol. The molecule has 0 heterocycles. The van der Waals surface area contributed by atoms with E-state index in [9.17, 15) is 14.9 Å². The second-order valence-corrected chi connectivity index (χ2v) is 5.20. The monoisotopic (exact) mass is 330 g/mol. The molecule has 0 aliphatic rings. The van der Waals surface area contributed by atoms with Crippen molar-refractivity contribution in [1.29, 1.82) is 0 Å². The number of ether oxygens (including phenoxy) is 2.